The van der Waals surface area contributed by atoms with Crippen LogP contribution < -0.4 is 25.1 Å². The van der Waals surface area contributed by atoms with Gasteiger partial charge in [0.05, 0.1) is 37.5 Å². The first kappa shape index (κ1) is 18.2. The Morgan fingerprint density at radius 2 is 2.04 bits per heavy atom. The van der Waals surface area contributed by atoms with E-state index >= 15 is 0 Å². The number of thiocarbonyl (C=S) groups is 1. The average molecular weight is 386 g/mol. The third-order valence-corrected chi connectivity index (χ3v) is 4.48. The molecule has 3 N–H and O–H groups in total. The van der Waals surface area contributed by atoms with E-state index in [0.29, 0.717) is 34.8 Å². The van der Waals surface area contributed by atoms with Gasteiger partial charge in [-0.1, -0.05) is 11.6 Å². The fourth-order valence-electron chi connectivity index (χ4n) is 2.67. The first-order valence-corrected chi connectivity index (χ1v) is 9.08. The number of halogens is 1. The standard InChI is InChI=1S/C16H21ClN4O3S/c17-13-9-12(10-14-15(13)24-8-7-23-14)11-19-20-16(25)18-1-2-21-3-5-22-6-4-21/h9-11H,1-8H2,(H2,18,20,25)/p+1/b19-11-. The van der Waals surface area contributed by atoms with Gasteiger partial charge in [0.15, 0.2) is 16.6 Å². The minimum atomic E-state index is 0.493. The van der Waals surface area contributed by atoms with E-state index in [-0.39, 0.29) is 0 Å². The molecule has 1 fully saturated rings. The van der Waals surface area contributed by atoms with E-state index in [1.165, 1.54) is 4.90 Å². The lowest BCUT2D eigenvalue weighted by molar-refractivity contribution is -0.906. The topological polar surface area (TPSA) is 68.5 Å². The van der Waals surface area contributed by atoms with Gasteiger partial charge in [-0.25, -0.2) is 0 Å². The molecule has 0 unspecified atom stereocenters. The van der Waals surface area contributed by atoms with Gasteiger partial charge in [0.2, 0.25) is 0 Å². The molecular formula is C16H22ClN4O3S+. The van der Waals surface area contributed by atoms with E-state index in [1.807, 2.05) is 6.07 Å². The monoisotopic (exact) mass is 385 g/mol. The second kappa shape index (κ2) is 9.19. The minimum Gasteiger partial charge on any atom is -0.486 e. The Morgan fingerprint density at radius 1 is 1.24 bits per heavy atom. The Bertz CT molecular complexity index is 638. The van der Waals surface area contributed by atoms with Crippen molar-refractivity contribution in [1.29, 1.82) is 0 Å². The molecular weight excluding hydrogens is 364 g/mol. The van der Waals surface area contributed by atoms with Crippen LogP contribution in [-0.4, -0.2) is 63.9 Å². The minimum absolute atomic E-state index is 0.493. The highest BCUT2D eigenvalue weighted by Gasteiger charge is 2.16. The molecule has 2 aliphatic heterocycles. The van der Waals surface area contributed by atoms with E-state index < -0.39 is 0 Å². The van der Waals surface area contributed by atoms with Crippen LogP contribution in [0.4, 0.5) is 0 Å². The van der Waals surface area contributed by atoms with E-state index in [2.05, 4.69) is 15.8 Å². The van der Waals surface area contributed by atoms with E-state index in [9.17, 15) is 0 Å². The van der Waals surface area contributed by atoms with Crippen molar-refractivity contribution in [3.05, 3.63) is 22.7 Å². The number of morpholine rings is 1. The summed E-state index contributed by atoms with van der Waals surface area (Å²) >= 11 is 11.4. The van der Waals surface area contributed by atoms with Crippen molar-refractivity contribution in [2.75, 3.05) is 52.6 Å². The fourth-order valence-corrected chi connectivity index (χ4v) is 3.10. The Labute approximate surface area is 157 Å². The quantitative estimate of drug-likeness (QED) is 0.371. The molecule has 25 heavy (non-hydrogen) atoms. The maximum absolute atomic E-state index is 6.19. The summed E-state index contributed by atoms with van der Waals surface area (Å²) in [4.78, 5) is 1.52. The molecule has 3 rings (SSSR count). The Kier molecular flexibility index (Phi) is 6.69. The number of nitrogens with zero attached hydrogens (tertiary/aromatic N) is 1. The van der Waals surface area contributed by atoms with Gasteiger partial charge in [-0.2, -0.15) is 5.10 Å². The first-order valence-electron chi connectivity index (χ1n) is 8.30. The summed E-state index contributed by atoms with van der Waals surface area (Å²) in [5, 5.41) is 8.29. The molecule has 136 valence electrons. The fraction of sp³-hybridized carbons (Fsp3) is 0.500. The summed E-state index contributed by atoms with van der Waals surface area (Å²) in [6, 6.07) is 3.61. The molecule has 0 aromatic heterocycles. The highest BCUT2D eigenvalue weighted by molar-refractivity contribution is 7.80. The number of ether oxygens (including phenoxy) is 3. The molecule has 0 saturated carbocycles. The smallest absolute Gasteiger partial charge is 0.187 e. The van der Waals surface area contributed by atoms with Gasteiger partial charge in [0.1, 0.15) is 26.3 Å². The molecule has 2 aliphatic rings. The van der Waals surface area contributed by atoms with Crippen molar-refractivity contribution in [2.24, 2.45) is 5.10 Å². The van der Waals surface area contributed by atoms with Crippen LogP contribution in [0, 0.1) is 0 Å². The molecule has 0 spiro atoms. The molecule has 1 aromatic rings. The molecule has 0 aliphatic carbocycles. The number of hydrazone groups is 1. The van der Waals surface area contributed by atoms with Crippen LogP contribution >= 0.6 is 23.8 Å². The lowest BCUT2D eigenvalue weighted by atomic mass is 10.2. The van der Waals surface area contributed by atoms with Crippen molar-refractivity contribution >= 4 is 35.1 Å². The summed E-state index contributed by atoms with van der Waals surface area (Å²) in [6.45, 7) is 6.59. The summed E-state index contributed by atoms with van der Waals surface area (Å²) in [5.74, 6) is 1.22. The Morgan fingerprint density at radius 3 is 2.88 bits per heavy atom. The maximum atomic E-state index is 6.19. The zero-order chi connectivity index (χ0) is 17.5. The van der Waals surface area contributed by atoms with Crippen molar-refractivity contribution in [1.82, 2.24) is 10.7 Å². The third-order valence-electron chi connectivity index (χ3n) is 3.96. The van der Waals surface area contributed by atoms with Crippen molar-refractivity contribution in [3.8, 4) is 11.5 Å². The number of benzene rings is 1. The Hall–Kier alpha value is -1.61. The van der Waals surface area contributed by atoms with Crippen LogP contribution in [0.15, 0.2) is 17.2 Å². The molecule has 0 radical (unpaired) electrons. The second-order valence-electron chi connectivity index (χ2n) is 5.77. The van der Waals surface area contributed by atoms with E-state index in [0.717, 1.165) is 45.0 Å². The van der Waals surface area contributed by atoms with Crippen molar-refractivity contribution in [2.45, 2.75) is 0 Å². The van der Waals surface area contributed by atoms with Crippen LogP contribution in [0.1, 0.15) is 5.56 Å². The van der Waals surface area contributed by atoms with Crippen LogP contribution in [0.25, 0.3) is 0 Å². The summed E-state index contributed by atoms with van der Waals surface area (Å²) in [5.41, 5.74) is 3.62. The van der Waals surface area contributed by atoms with Gasteiger partial charge in [-0.3, -0.25) is 5.43 Å². The van der Waals surface area contributed by atoms with Crippen LogP contribution in [-0.2, 0) is 4.74 Å². The highest BCUT2D eigenvalue weighted by Crippen LogP contribution is 2.37. The maximum Gasteiger partial charge on any atom is 0.187 e. The Balaban J connectivity index is 1.43. The van der Waals surface area contributed by atoms with Gasteiger partial charge >= 0.3 is 0 Å². The number of hydrogen-bond donors (Lipinski definition) is 3. The summed E-state index contributed by atoms with van der Waals surface area (Å²) in [6.07, 6.45) is 1.64. The van der Waals surface area contributed by atoms with Gasteiger partial charge in [0, 0.05) is 0 Å². The number of rotatable bonds is 5. The predicted molar refractivity (Wildman–Crippen MR) is 100 cm³/mol. The number of quaternary nitrogens is 1. The van der Waals surface area contributed by atoms with Gasteiger partial charge in [-0.15, -0.1) is 0 Å². The molecule has 1 saturated heterocycles. The van der Waals surface area contributed by atoms with E-state index in [4.69, 9.17) is 38.0 Å². The number of fused-ring (bicyclic) bond motifs is 1. The summed E-state index contributed by atoms with van der Waals surface area (Å²) < 4.78 is 16.4. The number of nitrogens with one attached hydrogen (secondary N) is 3. The first-order chi connectivity index (χ1) is 12.2. The van der Waals surface area contributed by atoms with Crippen LogP contribution in [0.2, 0.25) is 5.02 Å². The molecule has 0 bridgehead atoms. The molecule has 2 heterocycles. The molecule has 0 atom stereocenters. The van der Waals surface area contributed by atoms with Crippen LogP contribution in [0.5, 0.6) is 11.5 Å². The molecule has 0 amide bonds. The molecule has 1 aromatic carbocycles. The lowest BCUT2D eigenvalue weighted by Crippen LogP contribution is -3.14. The van der Waals surface area contributed by atoms with Crippen molar-refractivity contribution in [3.63, 3.8) is 0 Å². The van der Waals surface area contributed by atoms with Gasteiger partial charge in [-0.05, 0) is 29.9 Å². The van der Waals surface area contributed by atoms with E-state index in [1.54, 1.807) is 12.3 Å². The highest BCUT2D eigenvalue weighted by atomic mass is 35.5. The second-order valence-corrected chi connectivity index (χ2v) is 6.58. The van der Waals surface area contributed by atoms with Gasteiger partial charge in [0.25, 0.3) is 0 Å². The zero-order valence-corrected chi connectivity index (χ0v) is 15.4. The lowest BCUT2D eigenvalue weighted by Gasteiger charge is -2.23. The largest absolute Gasteiger partial charge is 0.486 e. The van der Waals surface area contributed by atoms with Crippen LogP contribution in [0.3, 0.4) is 0 Å². The molecule has 9 heteroatoms. The average Bonchev–Trinajstić information content (AvgIpc) is 2.63. The summed E-state index contributed by atoms with van der Waals surface area (Å²) in [7, 11) is 0. The third kappa shape index (κ3) is 5.43. The number of hydrogen-bond acceptors (Lipinski definition) is 5. The normalized spacial score (nSPS) is 17.5. The molecule has 7 nitrogen and oxygen atoms in total. The predicted octanol–water partition coefficient (Wildman–Crippen LogP) is -0.176. The SMILES string of the molecule is S=C(NCC[NH+]1CCOCC1)N/N=C\c1cc(Cl)c2c(c1)OCCO2. The zero-order valence-electron chi connectivity index (χ0n) is 13.8. The van der Waals surface area contributed by atoms with Crippen molar-refractivity contribution < 1.29 is 19.1 Å². The van der Waals surface area contributed by atoms with Gasteiger partial charge < -0.3 is 24.4 Å².